The van der Waals surface area contributed by atoms with Crippen LogP contribution in [0.3, 0.4) is 0 Å². The standard InChI is InChI=1S/C24H34N4/c1-4-5-6-17-28(19(2)3)24-22(25)13-10-14-23(26-24)20-11-9-12-21(18-20)27-15-7-8-16-27/h9-13,18H,2,4-8,14-17,25H2,1,3H3. The molecule has 0 saturated carbocycles. The van der Waals surface area contributed by atoms with Crippen LogP contribution in [0.25, 0.3) is 0 Å². The van der Waals surface area contributed by atoms with Crippen LogP contribution in [0.5, 0.6) is 0 Å². The number of benzene rings is 1. The summed E-state index contributed by atoms with van der Waals surface area (Å²) in [6.07, 6.45) is 11.0. The maximum Gasteiger partial charge on any atom is 0.156 e. The predicted molar refractivity (Wildman–Crippen MR) is 120 cm³/mol. The number of aliphatic imine (C=N–C) groups is 1. The van der Waals surface area contributed by atoms with Crippen LogP contribution in [0.2, 0.25) is 0 Å². The molecule has 2 N–H and O–H groups in total. The first-order valence-electron chi connectivity index (χ1n) is 10.6. The fraction of sp³-hybridized carbons (Fsp3) is 0.458. The third-order valence-corrected chi connectivity index (χ3v) is 5.46. The van der Waals surface area contributed by atoms with E-state index in [9.17, 15) is 0 Å². The Labute approximate surface area is 170 Å². The van der Waals surface area contributed by atoms with E-state index in [2.05, 4.69) is 53.6 Å². The summed E-state index contributed by atoms with van der Waals surface area (Å²) in [6.45, 7) is 11.6. The van der Waals surface area contributed by atoms with E-state index in [1.165, 1.54) is 36.9 Å². The van der Waals surface area contributed by atoms with Crippen molar-refractivity contribution in [2.45, 2.75) is 52.4 Å². The minimum absolute atomic E-state index is 0.713. The van der Waals surface area contributed by atoms with Crippen LogP contribution in [0.15, 0.2) is 65.2 Å². The van der Waals surface area contributed by atoms with Crippen molar-refractivity contribution in [2.75, 3.05) is 24.5 Å². The van der Waals surface area contributed by atoms with Crippen LogP contribution >= 0.6 is 0 Å². The molecule has 2 heterocycles. The number of anilines is 1. The SMILES string of the molecule is C=C(C)N(CCCCC)C1=C(N)C=CCC(c2cccc(N3CCCC3)c2)=N1. The van der Waals surface area contributed by atoms with E-state index >= 15 is 0 Å². The zero-order valence-corrected chi connectivity index (χ0v) is 17.5. The number of hydrogen-bond acceptors (Lipinski definition) is 4. The fourth-order valence-corrected chi connectivity index (χ4v) is 3.86. The summed E-state index contributed by atoms with van der Waals surface area (Å²) in [5.41, 5.74) is 11.6. The van der Waals surface area contributed by atoms with E-state index in [4.69, 9.17) is 10.7 Å². The summed E-state index contributed by atoms with van der Waals surface area (Å²) in [5, 5.41) is 0. The highest BCUT2D eigenvalue weighted by Crippen LogP contribution is 2.25. The second-order valence-electron chi connectivity index (χ2n) is 7.78. The summed E-state index contributed by atoms with van der Waals surface area (Å²) in [5.74, 6) is 0.832. The number of nitrogens with zero attached hydrogens (tertiary/aromatic N) is 3. The molecule has 0 amide bonds. The molecule has 0 aliphatic carbocycles. The molecule has 4 nitrogen and oxygen atoms in total. The van der Waals surface area contributed by atoms with Crippen LogP contribution < -0.4 is 10.6 Å². The van der Waals surface area contributed by atoms with Gasteiger partial charge in [-0.3, -0.25) is 0 Å². The predicted octanol–water partition coefficient (Wildman–Crippen LogP) is 5.19. The van der Waals surface area contributed by atoms with Gasteiger partial charge in [0.05, 0.1) is 11.4 Å². The lowest BCUT2D eigenvalue weighted by Crippen LogP contribution is -2.24. The third kappa shape index (κ3) is 4.86. The molecule has 3 rings (SSSR count). The topological polar surface area (TPSA) is 44.9 Å². The Hall–Kier alpha value is -2.49. The zero-order chi connectivity index (χ0) is 19.9. The summed E-state index contributed by atoms with van der Waals surface area (Å²) < 4.78 is 0. The molecule has 0 atom stereocenters. The second-order valence-corrected chi connectivity index (χ2v) is 7.78. The van der Waals surface area contributed by atoms with Gasteiger partial charge in [-0.05, 0) is 50.0 Å². The molecule has 0 radical (unpaired) electrons. The Bertz CT molecular complexity index is 782. The van der Waals surface area contributed by atoms with Crippen LogP contribution in [-0.4, -0.2) is 30.2 Å². The van der Waals surface area contributed by atoms with Crippen molar-refractivity contribution < 1.29 is 0 Å². The van der Waals surface area contributed by atoms with Gasteiger partial charge in [0.15, 0.2) is 5.82 Å². The first kappa shape index (κ1) is 20.2. The van der Waals surface area contributed by atoms with Crippen molar-refractivity contribution in [3.05, 3.63) is 65.8 Å². The maximum absolute atomic E-state index is 6.39. The third-order valence-electron chi connectivity index (χ3n) is 5.46. The normalized spacial score (nSPS) is 16.9. The molecule has 0 aromatic heterocycles. The average Bonchev–Trinajstić information content (AvgIpc) is 3.16. The highest BCUT2D eigenvalue weighted by molar-refractivity contribution is 6.03. The van der Waals surface area contributed by atoms with Crippen molar-refractivity contribution in [1.82, 2.24) is 4.90 Å². The fourth-order valence-electron chi connectivity index (χ4n) is 3.86. The van der Waals surface area contributed by atoms with Crippen molar-refractivity contribution >= 4 is 11.4 Å². The van der Waals surface area contributed by atoms with Gasteiger partial charge in [-0.2, -0.15) is 0 Å². The monoisotopic (exact) mass is 378 g/mol. The number of rotatable bonds is 8. The molecule has 1 saturated heterocycles. The van der Waals surface area contributed by atoms with Gasteiger partial charge in [0.2, 0.25) is 0 Å². The maximum atomic E-state index is 6.39. The Morgan fingerprint density at radius 2 is 2.04 bits per heavy atom. The van der Waals surface area contributed by atoms with Gasteiger partial charge >= 0.3 is 0 Å². The first-order valence-corrected chi connectivity index (χ1v) is 10.6. The van der Waals surface area contributed by atoms with Crippen LogP contribution in [-0.2, 0) is 0 Å². The van der Waals surface area contributed by atoms with Crippen molar-refractivity contribution in [2.24, 2.45) is 10.7 Å². The average molecular weight is 379 g/mol. The summed E-state index contributed by atoms with van der Waals surface area (Å²) in [6, 6.07) is 8.79. The Morgan fingerprint density at radius 1 is 1.25 bits per heavy atom. The molecule has 150 valence electrons. The van der Waals surface area contributed by atoms with E-state index in [-0.39, 0.29) is 0 Å². The van der Waals surface area contributed by atoms with Gasteiger partial charge < -0.3 is 15.5 Å². The molecule has 0 unspecified atom stereocenters. The van der Waals surface area contributed by atoms with Crippen molar-refractivity contribution in [3.63, 3.8) is 0 Å². The summed E-state index contributed by atoms with van der Waals surface area (Å²) in [7, 11) is 0. The lowest BCUT2D eigenvalue weighted by Gasteiger charge is -2.26. The molecule has 1 aromatic carbocycles. The van der Waals surface area contributed by atoms with Gasteiger partial charge in [0.25, 0.3) is 0 Å². The highest BCUT2D eigenvalue weighted by Gasteiger charge is 2.18. The van der Waals surface area contributed by atoms with Crippen LogP contribution in [0.1, 0.15) is 57.9 Å². The minimum atomic E-state index is 0.713. The zero-order valence-electron chi connectivity index (χ0n) is 17.5. The smallest absolute Gasteiger partial charge is 0.156 e. The molecule has 2 aliphatic heterocycles. The lowest BCUT2D eigenvalue weighted by atomic mass is 10.1. The largest absolute Gasteiger partial charge is 0.396 e. The molecule has 0 bridgehead atoms. The van der Waals surface area contributed by atoms with Crippen LogP contribution in [0, 0.1) is 0 Å². The number of unbranched alkanes of at least 4 members (excludes halogenated alkanes) is 2. The van der Waals surface area contributed by atoms with Gasteiger partial charge in [0, 0.05) is 37.4 Å². The molecule has 28 heavy (non-hydrogen) atoms. The van der Waals surface area contributed by atoms with E-state index in [0.29, 0.717) is 5.70 Å². The quantitative estimate of drug-likeness (QED) is 0.633. The van der Waals surface area contributed by atoms with Crippen molar-refractivity contribution in [1.29, 1.82) is 0 Å². The van der Waals surface area contributed by atoms with Crippen molar-refractivity contribution in [3.8, 4) is 0 Å². The molecular formula is C24H34N4. The van der Waals surface area contributed by atoms with E-state index in [1.807, 2.05) is 13.0 Å². The summed E-state index contributed by atoms with van der Waals surface area (Å²) in [4.78, 5) is 9.69. The van der Waals surface area contributed by atoms with Crippen LogP contribution in [0.4, 0.5) is 5.69 Å². The lowest BCUT2D eigenvalue weighted by molar-refractivity contribution is 0.405. The second kappa shape index (κ2) is 9.63. The van der Waals surface area contributed by atoms with E-state index in [1.54, 1.807) is 0 Å². The van der Waals surface area contributed by atoms with Gasteiger partial charge in [-0.15, -0.1) is 0 Å². The van der Waals surface area contributed by atoms with E-state index < -0.39 is 0 Å². The number of allylic oxidation sites excluding steroid dienone is 3. The molecule has 4 heteroatoms. The first-order chi connectivity index (χ1) is 13.6. The van der Waals surface area contributed by atoms with Gasteiger partial charge in [-0.1, -0.05) is 44.6 Å². The molecule has 2 aliphatic rings. The molecule has 1 fully saturated rings. The number of nitrogens with two attached hydrogens (primary N) is 1. The molecule has 1 aromatic rings. The summed E-state index contributed by atoms with van der Waals surface area (Å²) >= 11 is 0. The van der Waals surface area contributed by atoms with Gasteiger partial charge in [-0.25, -0.2) is 4.99 Å². The molecular weight excluding hydrogens is 344 g/mol. The number of hydrogen-bond donors (Lipinski definition) is 1. The Balaban J connectivity index is 1.91. The molecule has 0 spiro atoms. The Kier molecular flexibility index (Phi) is 6.96. The Morgan fingerprint density at radius 3 is 2.75 bits per heavy atom. The minimum Gasteiger partial charge on any atom is -0.396 e. The van der Waals surface area contributed by atoms with Gasteiger partial charge in [0.1, 0.15) is 0 Å². The highest BCUT2D eigenvalue weighted by atomic mass is 15.2. The van der Waals surface area contributed by atoms with E-state index in [0.717, 1.165) is 49.7 Å².